The van der Waals surface area contributed by atoms with Crippen molar-refractivity contribution in [1.82, 2.24) is 28.7 Å². The van der Waals surface area contributed by atoms with E-state index in [4.69, 9.17) is 15.0 Å². The Morgan fingerprint density at radius 3 is 1.24 bits per heavy atom. The third-order valence-corrected chi connectivity index (χ3v) is 9.69. The van der Waals surface area contributed by atoms with Gasteiger partial charge in [0.25, 0.3) is 0 Å². The Kier molecular flexibility index (Phi) is 9.37. The molecular weight excluding hydrogens is 680 g/mol. The van der Waals surface area contributed by atoms with Gasteiger partial charge in [-0.2, -0.15) is 0 Å². The number of hydrogen-bond donors (Lipinski definition) is 0. The van der Waals surface area contributed by atoms with Crippen molar-refractivity contribution >= 4 is 87.2 Å². The number of benzene rings is 4. The third-order valence-electron chi connectivity index (χ3n) is 9.69. The normalized spacial score (nSPS) is 11.2. The standard InChI is InChI=1S/C43H28N6.C3H8.CH5P/c1-3-27-11-14-29(15-12-27)47-36-19-16-31(25-33(36)42-38(47)8-5-22-45-42)49-37-20-17-30(26-34(37)43-40(49)10-7-23-46-43)48-35-18-13-28(4-2)24-32(35)41-39(48)9-6-21-44-41;1-3-2;1-2/h3-26H,1-2H2;3H2,1-2H3;2H2,1H3. The molecule has 6 heterocycles. The maximum atomic E-state index is 4.92. The van der Waals surface area contributed by atoms with Crippen LogP contribution >= 0.6 is 9.24 Å². The van der Waals surface area contributed by atoms with Gasteiger partial charge in [0, 0.05) is 51.8 Å². The molecule has 0 aliphatic carbocycles. The van der Waals surface area contributed by atoms with Crippen molar-refractivity contribution in [3.8, 4) is 17.1 Å². The van der Waals surface area contributed by atoms with E-state index in [9.17, 15) is 0 Å². The van der Waals surface area contributed by atoms with Crippen LogP contribution in [-0.4, -0.2) is 35.3 Å². The zero-order valence-electron chi connectivity index (χ0n) is 30.7. The minimum atomic E-state index is 0.954. The SMILES string of the molecule is C=Cc1ccc(-n2c3ccc(-n4c5ccc(-n6c7ccc(C=C)cc7c7ncccc76)cc5c5ncccc54)cc3c3ncccc32)cc1.CCC.CP. The van der Waals surface area contributed by atoms with Crippen LogP contribution in [0.4, 0.5) is 0 Å². The molecule has 0 spiro atoms. The van der Waals surface area contributed by atoms with Gasteiger partial charge in [-0.05, 0) is 108 Å². The molecule has 0 amide bonds. The number of nitrogens with zero attached hydrogens (tertiary/aromatic N) is 6. The van der Waals surface area contributed by atoms with Crippen LogP contribution in [0.15, 0.2) is 147 Å². The van der Waals surface area contributed by atoms with E-state index in [1.54, 1.807) is 0 Å². The van der Waals surface area contributed by atoms with Crippen LogP contribution in [-0.2, 0) is 0 Å². The van der Waals surface area contributed by atoms with Gasteiger partial charge < -0.3 is 13.7 Å². The van der Waals surface area contributed by atoms with Gasteiger partial charge in [-0.1, -0.05) is 70.4 Å². The molecule has 54 heavy (non-hydrogen) atoms. The first-order valence-corrected chi connectivity index (χ1v) is 19.4. The van der Waals surface area contributed by atoms with Crippen LogP contribution in [0.2, 0.25) is 0 Å². The second-order valence-corrected chi connectivity index (χ2v) is 13.0. The summed E-state index contributed by atoms with van der Waals surface area (Å²) in [4.78, 5) is 14.6. The molecule has 10 rings (SSSR count). The predicted octanol–water partition coefficient (Wildman–Crippen LogP) is 12.4. The number of aromatic nitrogens is 6. The van der Waals surface area contributed by atoms with E-state index in [2.05, 4.69) is 147 Å². The quantitative estimate of drug-likeness (QED) is 0.166. The summed E-state index contributed by atoms with van der Waals surface area (Å²) in [6.45, 7) is 14.1. The Balaban J connectivity index is 0.000000790. The van der Waals surface area contributed by atoms with E-state index < -0.39 is 0 Å². The topological polar surface area (TPSA) is 53.5 Å². The molecule has 0 aliphatic heterocycles. The Hall–Kier alpha value is -6.36. The van der Waals surface area contributed by atoms with Crippen molar-refractivity contribution in [1.29, 1.82) is 0 Å². The summed E-state index contributed by atoms with van der Waals surface area (Å²) in [5.74, 6) is 0. The van der Waals surface area contributed by atoms with E-state index >= 15 is 0 Å². The fraction of sp³-hybridized carbons (Fsp3) is 0.0851. The second-order valence-electron chi connectivity index (χ2n) is 13.0. The molecule has 10 aromatic rings. The van der Waals surface area contributed by atoms with E-state index in [-0.39, 0.29) is 0 Å². The summed E-state index contributed by atoms with van der Waals surface area (Å²) in [7, 11) is 2.42. The summed E-state index contributed by atoms with van der Waals surface area (Å²) in [5, 5.41) is 3.28. The van der Waals surface area contributed by atoms with Gasteiger partial charge in [0.15, 0.2) is 0 Å². The lowest BCUT2D eigenvalue weighted by molar-refractivity contribution is 1.09. The molecule has 0 saturated carbocycles. The average Bonchev–Trinajstić information content (AvgIpc) is 3.87. The zero-order chi connectivity index (χ0) is 37.3. The zero-order valence-corrected chi connectivity index (χ0v) is 31.9. The van der Waals surface area contributed by atoms with E-state index in [0.29, 0.717) is 0 Å². The van der Waals surface area contributed by atoms with Crippen LogP contribution in [0, 0.1) is 0 Å². The molecule has 264 valence electrons. The van der Waals surface area contributed by atoms with Crippen LogP contribution in [0.25, 0.3) is 95.0 Å². The minimum Gasteiger partial charge on any atom is -0.308 e. The first kappa shape index (κ1) is 34.7. The van der Waals surface area contributed by atoms with Crippen molar-refractivity contribution < 1.29 is 0 Å². The molecule has 6 nitrogen and oxygen atoms in total. The molecule has 0 bridgehead atoms. The lowest BCUT2D eigenvalue weighted by Gasteiger charge is -2.11. The number of fused-ring (bicyclic) bond motifs is 9. The molecule has 1 atom stereocenters. The van der Waals surface area contributed by atoms with Gasteiger partial charge in [-0.15, -0.1) is 9.24 Å². The van der Waals surface area contributed by atoms with Crippen LogP contribution in [0.5, 0.6) is 0 Å². The van der Waals surface area contributed by atoms with Gasteiger partial charge >= 0.3 is 0 Å². The molecule has 4 aromatic carbocycles. The summed E-state index contributed by atoms with van der Waals surface area (Å²) < 4.78 is 6.90. The lowest BCUT2D eigenvalue weighted by atomic mass is 10.1. The van der Waals surface area contributed by atoms with Crippen LogP contribution < -0.4 is 0 Å². The smallest absolute Gasteiger partial charge is 0.0964 e. The molecule has 7 heteroatoms. The lowest BCUT2D eigenvalue weighted by Crippen LogP contribution is -1.97. The Morgan fingerprint density at radius 1 is 0.463 bits per heavy atom. The fourth-order valence-electron chi connectivity index (χ4n) is 7.50. The molecule has 6 aromatic heterocycles. The monoisotopic (exact) mass is 720 g/mol. The molecule has 0 N–H and O–H groups in total. The minimum absolute atomic E-state index is 0.954. The molecule has 0 saturated heterocycles. The maximum Gasteiger partial charge on any atom is 0.0964 e. The highest BCUT2D eigenvalue weighted by Crippen LogP contribution is 2.38. The number of pyridine rings is 3. The van der Waals surface area contributed by atoms with Crippen molar-refractivity contribution in [2.75, 3.05) is 6.66 Å². The van der Waals surface area contributed by atoms with Crippen LogP contribution in [0.1, 0.15) is 31.4 Å². The van der Waals surface area contributed by atoms with Gasteiger partial charge in [0.2, 0.25) is 0 Å². The van der Waals surface area contributed by atoms with Gasteiger partial charge in [0.1, 0.15) is 0 Å². The Morgan fingerprint density at radius 2 is 0.815 bits per heavy atom. The summed E-state index contributed by atoms with van der Waals surface area (Å²) in [6, 6.07) is 40.7. The highest BCUT2D eigenvalue weighted by molar-refractivity contribution is 7.15. The number of hydrogen-bond acceptors (Lipinski definition) is 3. The molecule has 0 fully saturated rings. The Bertz CT molecular complexity index is 3000. The average molecular weight is 721 g/mol. The summed E-state index contributed by atoms with van der Waals surface area (Å²) in [5.41, 5.74) is 14.7. The number of rotatable bonds is 5. The third kappa shape index (κ3) is 5.58. The van der Waals surface area contributed by atoms with Gasteiger partial charge in [0.05, 0.1) is 49.7 Å². The first-order valence-electron chi connectivity index (χ1n) is 18.2. The largest absolute Gasteiger partial charge is 0.308 e. The summed E-state index contributed by atoms with van der Waals surface area (Å²) in [6.07, 6.45) is 10.6. The van der Waals surface area contributed by atoms with E-state index in [1.807, 2.05) is 55.6 Å². The predicted molar refractivity (Wildman–Crippen MR) is 235 cm³/mol. The van der Waals surface area contributed by atoms with Crippen molar-refractivity contribution in [3.63, 3.8) is 0 Å². The van der Waals surface area contributed by atoms with E-state index in [0.717, 1.165) is 94.0 Å². The van der Waals surface area contributed by atoms with Crippen molar-refractivity contribution in [2.45, 2.75) is 20.3 Å². The molecule has 1 unspecified atom stereocenters. The van der Waals surface area contributed by atoms with Crippen LogP contribution in [0.3, 0.4) is 0 Å². The van der Waals surface area contributed by atoms with Crippen molar-refractivity contribution in [2.24, 2.45) is 0 Å². The van der Waals surface area contributed by atoms with Gasteiger partial charge in [-0.25, -0.2) is 0 Å². The highest BCUT2D eigenvalue weighted by Gasteiger charge is 2.19. The highest BCUT2D eigenvalue weighted by atomic mass is 31.0. The maximum absolute atomic E-state index is 4.92. The fourth-order valence-corrected chi connectivity index (χ4v) is 7.50. The van der Waals surface area contributed by atoms with Gasteiger partial charge in [-0.3, -0.25) is 15.0 Å². The van der Waals surface area contributed by atoms with E-state index in [1.165, 1.54) is 6.42 Å². The molecule has 0 radical (unpaired) electrons. The molecule has 0 aliphatic rings. The second kappa shape index (κ2) is 14.6. The Labute approximate surface area is 316 Å². The van der Waals surface area contributed by atoms with Crippen molar-refractivity contribution in [3.05, 3.63) is 158 Å². The first-order chi connectivity index (χ1) is 26.6. The summed E-state index contributed by atoms with van der Waals surface area (Å²) >= 11 is 0. The molecular formula is C47H41N6P.